The Hall–Kier alpha value is -0.420. The van der Waals surface area contributed by atoms with Crippen molar-refractivity contribution in [3.63, 3.8) is 0 Å². The number of rotatable bonds is 3. The van der Waals surface area contributed by atoms with E-state index in [0.717, 1.165) is 12.8 Å². The maximum absolute atomic E-state index is 9.49. The van der Waals surface area contributed by atoms with Crippen molar-refractivity contribution < 1.29 is 15.1 Å². The van der Waals surface area contributed by atoms with Crippen LogP contribution in [-0.4, -0.2) is 46.2 Å². The van der Waals surface area contributed by atoms with Gasteiger partial charge in [-0.3, -0.25) is 4.84 Å². The summed E-state index contributed by atoms with van der Waals surface area (Å²) in [5.41, 5.74) is 0. The van der Waals surface area contributed by atoms with Crippen molar-refractivity contribution in [1.29, 1.82) is 0 Å². The predicted molar refractivity (Wildman–Crippen MR) is 46.8 cm³/mol. The first-order chi connectivity index (χ1) is 6.26. The smallest absolute Gasteiger partial charge is 0.0950 e. The van der Waals surface area contributed by atoms with Gasteiger partial charge in [0, 0.05) is 0 Å². The molecule has 0 aliphatic carbocycles. The lowest BCUT2D eigenvalue weighted by atomic mass is 9.95. The minimum atomic E-state index is -0.701. The second-order valence-corrected chi connectivity index (χ2v) is 3.68. The summed E-state index contributed by atoms with van der Waals surface area (Å²) >= 11 is 0. The average molecular weight is 185 g/mol. The third-order valence-electron chi connectivity index (χ3n) is 2.84. The fourth-order valence-corrected chi connectivity index (χ4v) is 2.15. The van der Waals surface area contributed by atoms with E-state index in [0.29, 0.717) is 0 Å². The highest BCUT2D eigenvalue weighted by Crippen LogP contribution is 2.36. The van der Waals surface area contributed by atoms with Crippen molar-refractivity contribution in [2.45, 2.75) is 37.1 Å². The highest BCUT2D eigenvalue weighted by Gasteiger charge is 2.47. The molecule has 2 N–H and O–H groups in total. The Bertz CT molecular complexity index is 209. The number of aliphatic hydroxyl groups excluding tert-OH is 2. The van der Waals surface area contributed by atoms with E-state index in [1.807, 2.05) is 6.08 Å². The molecule has 2 bridgehead atoms. The van der Waals surface area contributed by atoms with E-state index >= 15 is 0 Å². The van der Waals surface area contributed by atoms with Crippen LogP contribution in [0, 0.1) is 0 Å². The van der Waals surface area contributed by atoms with Gasteiger partial charge in [-0.05, 0) is 12.8 Å². The third kappa shape index (κ3) is 1.40. The van der Waals surface area contributed by atoms with Crippen LogP contribution in [0.2, 0.25) is 0 Å². The Morgan fingerprint density at radius 3 is 2.92 bits per heavy atom. The second kappa shape index (κ2) is 3.38. The number of aliphatic hydroxyl groups is 2. The normalized spacial score (nSPS) is 45.1. The van der Waals surface area contributed by atoms with Crippen LogP contribution in [0.4, 0.5) is 0 Å². The van der Waals surface area contributed by atoms with Gasteiger partial charge < -0.3 is 10.2 Å². The Morgan fingerprint density at radius 2 is 2.38 bits per heavy atom. The molecular formula is C9H15NO3. The lowest BCUT2D eigenvalue weighted by Crippen LogP contribution is -2.45. The van der Waals surface area contributed by atoms with Crippen LogP contribution < -0.4 is 0 Å². The van der Waals surface area contributed by atoms with Gasteiger partial charge in [0.05, 0.1) is 30.9 Å². The van der Waals surface area contributed by atoms with E-state index in [9.17, 15) is 5.11 Å². The van der Waals surface area contributed by atoms with Crippen LogP contribution in [0.1, 0.15) is 12.8 Å². The fourth-order valence-electron chi connectivity index (χ4n) is 2.15. The Morgan fingerprint density at radius 1 is 1.62 bits per heavy atom. The van der Waals surface area contributed by atoms with Gasteiger partial charge in [-0.2, -0.15) is 5.06 Å². The Balaban J connectivity index is 2.05. The van der Waals surface area contributed by atoms with E-state index in [4.69, 9.17) is 9.94 Å². The summed E-state index contributed by atoms with van der Waals surface area (Å²) in [4.78, 5) is 5.50. The van der Waals surface area contributed by atoms with Crippen LogP contribution in [0.5, 0.6) is 0 Å². The van der Waals surface area contributed by atoms with E-state index < -0.39 is 6.10 Å². The summed E-state index contributed by atoms with van der Waals surface area (Å²) in [6, 6.07) is 0.136. The van der Waals surface area contributed by atoms with Crippen molar-refractivity contribution in [2.24, 2.45) is 0 Å². The minimum Gasteiger partial charge on any atom is -0.394 e. The van der Waals surface area contributed by atoms with Crippen LogP contribution in [-0.2, 0) is 4.84 Å². The van der Waals surface area contributed by atoms with Crippen LogP contribution >= 0.6 is 0 Å². The molecule has 4 nitrogen and oxygen atoms in total. The van der Waals surface area contributed by atoms with Crippen molar-refractivity contribution in [3.8, 4) is 0 Å². The molecule has 0 aromatic carbocycles. The largest absolute Gasteiger partial charge is 0.394 e. The number of hydrogen-bond donors (Lipinski definition) is 2. The van der Waals surface area contributed by atoms with Gasteiger partial charge in [0.1, 0.15) is 0 Å². The molecule has 2 rings (SSSR count). The topological polar surface area (TPSA) is 52.9 Å². The maximum atomic E-state index is 9.49. The van der Waals surface area contributed by atoms with Crippen molar-refractivity contribution in [3.05, 3.63) is 12.7 Å². The fraction of sp³-hybridized carbons (Fsp3) is 0.778. The summed E-state index contributed by atoms with van der Waals surface area (Å²) in [5.74, 6) is 0. The van der Waals surface area contributed by atoms with Gasteiger partial charge in [-0.15, -0.1) is 6.58 Å². The quantitative estimate of drug-likeness (QED) is 0.591. The molecule has 2 aliphatic heterocycles. The van der Waals surface area contributed by atoms with Gasteiger partial charge in [0.15, 0.2) is 0 Å². The summed E-state index contributed by atoms with van der Waals surface area (Å²) in [7, 11) is 0. The van der Waals surface area contributed by atoms with Crippen molar-refractivity contribution >= 4 is 0 Å². The van der Waals surface area contributed by atoms with Gasteiger partial charge >= 0.3 is 0 Å². The van der Waals surface area contributed by atoms with Crippen LogP contribution in [0.3, 0.4) is 0 Å². The Kier molecular flexibility index (Phi) is 2.38. The molecule has 0 radical (unpaired) electrons. The number of fused-ring (bicyclic) bond motifs is 2. The van der Waals surface area contributed by atoms with E-state index in [1.54, 1.807) is 5.06 Å². The zero-order valence-corrected chi connectivity index (χ0v) is 7.47. The zero-order valence-electron chi connectivity index (χ0n) is 7.47. The van der Waals surface area contributed by atoms with Gasteiger partial charge in [-0.1, -0.05) is 6.08 Å². The molecule has 0 saturated carbocycles. The number of piperidine rings is 1. The Labute approximate surface area is 77.4 Å². The number of nitrogens with zero attached hydrogens (tertiary/aromatic N) is 1. The van der Waals surface area contributed by atoms with Crippen LogP contribution in [0.25, 0.3) is 0 Å². The van der Waals surface area contributed by atoms with E-state index in [-0.39, 0.29) is 24.8 Å². The molecule has 2 saturated heterocycles. The SMILES string of the molecule is C=CC1CC2CC(C(O)CO)N1O2. The first-order valence-corrected chi connectivity index (χ1v) is 4.63. The highest BCUT2D eigenvalue weighted by molar-refractivity contribution is 5.00. The second-order valence-electron chi connectivity index (χ2n) is 3.68. The molecule has 0 aromatic heterocycles. The average Bonchev–Trinajstić information content (AvgIpc) is 2.74. The summed E-state index contributed by atoms with van der Waals surface area (Å²) in [5, 5.41) is 20.1. The lowest BCUT2D eigenvalue weighted by Gasteiger charge is -2.29. The first kappa shape index (κ1) is 9.15. The van der Waals surface area contributed by atoms with Gasteiger partial charge in [0.2, 0.25) is 0 Å². The molecule has 2 aliphatic rings. The molecule has 0 aromatic rings. The molecule has 5 atom stereocenters. The van der Waals surface area contributed by atoms with Gasteiger partial charge in [0.25, 0.3) is 0 Å². The standard InChI is InChI=1S/C9H15NO3/c1-2-6-3-7-4-8(9(12)5-11)10(6)13-7/h2,6-9,11-12H,1,3-5H2. The van der Waals surface area contributed by atoms with Crippen molar-refractivity contribution in [1.82, 2.24) is 5.06 Å². The number of hydroxylamine groups is 2. The molecule has 2 heterocycles. The molecule has 74 valence electrons. The summed E-state index contributed by atoms with van der Waals surface area (Å²) in [6.07, 6.45) is 3.10. The minimum absolute atomic E-state index is 0.0632. The maximum Gasteiger partial charge on any atom is 0.0950 e. The van der Waals surface area contributed by atoms with Crippen molar-refractivity contribution in [2.75, 3.05) is 6.61 Å². The van der Waals surface area contributed by atoms with Crippen LogP contribution in [0.15, 0.2) is 12.7 Å². The van der Waals surface area contributed by atoms with Gasteiger partial charge in [-0.25, -0.2) is 0 Å². The molecule has 2 fully saturated rings. The molecule has 0 spiro atoms. The molecular weight excluding hydrogens is 170 g/mol. The predicted octanol–water partition coefficient (Wildman–Crippen LogP) is -0.328. The monoisotopic (exact) mass is 185 g/mol. The molecule has 4 heteroatoms. The highest BCUT2D eigenvalue weighted by atomic mass is 16.7. The first-order valence-electron chi connectivity index (χ1n) is 4.63. The van der Waals surface area contributed by atoms with E-state index in [1.165, 1.54) is 0 Å². The summed E-state index contributed by atoms with van der Waals surface area (Å²) in [6.45, 7) is 3.51. The summed E-state index contributed by atoms with van der Waals surface area (Å²) < 4.78 is 0. The molecule has 13 heavy (non-hydrogen) atoms. The molecule has 5 unspecified atom stereocenters. The zero-order chi connectivity index (χ0) is 9.42. The molecule has 0 amide bonds. The van der Waals surface area contributed by atoms with E-state index in [2.05, 4.69) is 6.58 Å². The third-order valence-corrected chi connectivity index (χ3v) is 2.84. The number of hydrogen-bond acceptors (Lipinski definition) is 4. The lowest BCUT2D eigenvalue weighted by molar-refractivity contribution is -0.148.